The second-order valence-electron chi connectivity index (χ2n) is 4.31. The third-order valence-electron chi connectivity index (χ3n) is 2.90. The van der Waals surface area contributed by atoms with Crippen molar-refractivity contribution >= 4 is 5.91 Å². The third-order valence-corrected chi connectivity index (χ3v) is 2.90. The van der Waals surface area contributed by atoms with Gasteiger partial charge in [-0.15, -0.1) is 0 Å². The van der Waals surface area contributed by atoms with Crippen LogP contribution in [0.15, 0.2) is 35.1 Å². The van der Waals surface area contributed by atoms with Crippen LogP contribution in [0.2, 0.25) is 0 Å². The molecular weight excluding hydrogens is 258 g/mol. The number of pyridine rings is 1. The van der Waals surface area contributed by atoms with E-state index in [1.54, 1.807) is 18.5 Å². The van der Waals surface area contributed by atoms with Gasteiger partial charge >= 0.3 is 0 Å². The van der Waals surface area contributed by atoms with Crippen molar-refractivity contribution < 1.29 is 9.32 Å². The van der Waals surface area contributed by atoms with Crippen molar-refractivity contribution in [3.05, 3.63) is 47.6 Å². The van der Waals surface area contributed by atoms with Gasteiger partial charge in [0.05, 0.1) is 6.54 Å². The lowest BCUT2D eigenvalue weighted by Gasteiger charge is -2.18. The Hall–Kier alpha value is -2.25. The average molecular weight is 275 g/mol. The van der Waals surface area contributed by atoms with E-state index in [1.165, 1.54) is 5.56 Å². The Morgan fingerprint density at radius 2 is 2.15 bits per heavy atom. The van der Waals surface area contributed by atoms with Crippen molar-refractivity contribution in [2.24, 2.45) is 5.84 Å². The van der Waals surface area contributed by atoms with Gasteiger partial charge in [-0.2, -0.15) is 0 Å². The molecule has 7 nitrogen and oxygen atoms in total. The maximum Gasteiger partial charge on any atom is 0.287 e. The summed E-state index contributed by atoms with van der Waals surface area (Å²) in [6.45, 7) is 4.26. The molecule has 2 aromatic heterocycles. The van der Waals surface area contributed by atoms with Crippen LogP contribution in [-0.4, -0.2) is 27.5 Å². The molecule has 0 fully saturated rings. The highest BCUT2D eigenvalue weighted by molar-refractivity contribution is 5.91. The summed E-state index contributed by atoms with van der Waals surface area (Å²) >= 11 is 0. The predicted octanol–water partition coefficient (Wildman–Crippen LogP) is 0.695. The second kappa shape index (κ2) is 6.78. The number of nitrogen functional groups attached to an aromatic ring is 1. The lowest BCUT2D eigenvalue weighted by Crippen LogP contribution is -2.30. The summed E-state index contributed by atoms with van der Waals surface area (Å²) in [6.07, 6.45) is 3.53. The third kappa shape index (κ3) is 3.62. The zero-order chi connectivity index (χ0) is 14.4. The minimum absolute atomic E-state index is 0.183. The molecule has 106 valence electrons. The van der Waals surface area contributed by atoms with Crippen LogP contribution >= 0.6 is 0 Å². The standard InChI is InChI=1S/C13H17N5O2/c1-2-18(8-10-3-5-15-6-4-10)9-11-7-12(17-20-11)13(19)16-14/h3-7H,2,8-9,14H2,1H3,(H,16,19). The average Bonchev–Trinajstić information content (AvgIpc) is 2.95. The minimum atomic E-state index is -0.461. The van der Waals surface area contributed by atoms with Gasteiger partial charge in [-0.25, -0.2) is 5.84 Å². The van der Waals surface area contributed by atoms with Gasteiger partial charge in [0.15, 0.2) is 11.5 Å². The smallest absolute Gasteiger partial charge is 0.287 e. The minimum Gasteiger partial charge on any atom is -0.359 e. The van der Waals surface area contributed by atoms with Crippen molar-refractivity contribution in [3.63, 3.8) is 0 Å². The molecule has 0 saturated carbocycles. The SMILES string of the molecule is CCN(Cc1ccncc1)Cc1cc(C(=O)NN)no1. The van der Waals surface area contributed by atoms with Crippen LogP contribution in [0.4, 0.5) is 0 Å². The van der Waals surface area contributed by atoms with Gasteiger partial charge in [-0.1, -0.05) is 12.1 Å². The van der Waals surface area contributed by atoms with E-state index in [-0.39, 0.29) is 5.69 Å². The molecule has 20 heavy (non-hydrogen) atoms. The van der Waals surface area contributed by atoms with Crippen molar-refractivity contribution in [2.75, 3.05) is 6.54 Å². The van der Waals surface area contributed by atoms with Gasteiger partial charge in [-0.3, -0.25) is 20.1 Å². The van der Waals surface area contributed by atoms with E-state index < -0.39 is 5.91 Å². The Kier molecular flexibility index (Phi) is 4.80. The molecule has 0 saturated heterocycles. The molecule has 2 rings (SSSR count). The first-order chi connectivity index (χ1) is 9.72. The Morgan fingerprint density at radius 1 is 1.40 bits per heavy atom. The van der Waals surface area contributed by atoms with Crippen LogP contribution in [0.3, 0.4) is 0 Å². The number of amides is 1. The molecule has 3 N–H and O–H groups in total. The van der Waals surface area contributed by atoms with Crippen LogP contribution in [-0.2, 0) is 13.1 Å². The molecular formula is C13H17N5O2. The largest absolute Gasteiger partial charge is 0.359 e. The zero-order valence-electron chi connectivity index (χ0n) is 11.2. The van der Waals surface area contributed by atoms with Gasteiger partial charge in [0, 0.05) is 25.0 Å². The topological polar surface area (TPSA) is 97.3 Å². The zero-order valence-corrected chi connectivity index (χ0v) is 11.2. The van der Waals surface area contributed by atoms with E-state index >= 15 is 0 Å². The molecule has 2 aromatic rings. The van der Waals surface area contributed by atoms with E-state index in [9.17, 15) is 4.79 Å². The van der Waals surface area contributed by atoms with Crippen molar-refractivity contribution in [2.45, 2.75) is 20.0 Å². The monoisotopic (exact) mass is 275 g/mol. The Bertz CT molecular complexity index is 555. The van der Waals surface area contributed by atoms with Crippen LogP contribution in [0, 0.1) is 0 Å². The van der Waals surface area contributed by atoms with Crippen LogP contribution in [0.25, 0.3) is 0 Å². The molecule has 0 aliphatic carbocycles. The number of nitrogens with zero attached hydrogens (tertiary/aromatic N) is 3. The fraction of sp³-hybridized carbons (Fsp3) is 0.308. The Labute approximate surface area is 116 Å². The predicted molar refractivity (Wildman–Crippen MR) is 72.2 cm³/mol. The molecule has 0 spiro atoms. The van der Waals surface area contributed by atoms with Crippen molar-refractivity contribution in [1.82, 2.24) is 20.5 Å². The number of hydrogen-bond donors (Lipinski definition) is 2. The molecule has 0 bridgehead atoms. The molecule has 0 atom stereocenters. The number of hydrazine groups is 1. The maximum absolute atomic E-state index is 11.3. The molecule has 0 unspecified atom stereocenters. The quantitative estimate of drug-likeness (QED) is 0.457. The highest BCUT2D eigenvalue weighted by Crippen LogP contribution is 2.10. The number of hydrogen-bond acceptors (Lipinski definition) is 6. The van der Waals surface area contributed by atoms with Crippen LogP contribution in [0.1, 0.15) is 28.7 Å². The van der Waals surface area contributed by atoms with Gasteiger partial charge in [0.1, 0.15) is 0 Å². The van der Waals surface area contributed by atoms with E-state index in [1.807, 2.05) is 17.6 Å². The van der Waals surface area contributed by atoms with Crippen molar-refractivity contribution in [3.8, 4) is 0 Å². The summed E-state index contributed by atoms with van der Waals surface area (Å²) in [5.41, 5.74) is 3.37. The fourth-order valence-corrected chi connectivity index (χ4v) is 1.81. The molecule has 0 aromatic carbocycles. The molecule has 0 aliphatic heterocycles. The summed E-state index contributed by atoms with van der Waals surface area (Å²) in [6, 6.07) is 5.53. The van der Waals surface area contributed by atoms with Crippen LogP contribution < -0.4 is 11.3 Å². The summed E-state index contributed by atoms with van der Waals surface area (Å²) in [5, 5.41) is 3.68. The summed E-state index contributed by atoms with van der Waals surface area (Å²) < 4.78 is 5.14. The lowest BCUT2D eigenvalue weighted by molar-refractivity contribution is 0.0944. The van der Waals surface area contributed by atoms with Gasteiger partial charge in [0.2, 0.25) is 0 Å². The highest BCUT2D eigenvalue weighted by atomic mass is 16.5. The molecule has 2 heterocycles. The highest BCUT2D eigenvalue weighted by Gasteiger charge is 2.13. The van der Waals surface area contributed by atoms with Gasteiger partial charge in [0.25, 0.3) is 5.91 Å². The summed E-state index contributed by atoms with van der Waals surface area (Å²) in [5.74, 6) is 5.21. The number of nitrogens with two attached hydrogens (primary N) is 1. The number of carbonyl (C=O) groups is 1. The first-order valence-electron chi connectivity index (χ1n) is 6.30. The fourth-order valence-electron chi connectivity index (χ4n) is 1.81. The molecule has 0 radical (unpaired) electrons. The normalized spacial score (nSPS) is 10.8. The molecule has 7 heteroatoms. The lowest BCUT2D eigenvalue weighted by atomic mass is 10.2. The number of rotatable bonds is 6. The summed E-state index contributed by atoms with van der Waals surface area (Å²) in [4.78, 5) is 17.5. The number of carbonyl (C=O) groups excluding carboxylic acids is 1. The number of nitrogens with one attached hydrogen (secondary N) is 1. The first kappa shape index (κ1) is 14.2. The number of aromatic nitrogens is 2. The van der Waals surface area contributed by atoms with Crippen LogP contribution in [0.5, 0.6) is 0 Å². The van der Waals surface area contributed by atoms with E-state index in [0.29, 0.717) is 12.3 Å². The summed E-state index contributed by atoms with van der Waals surface area (Å²) in [7, 11) is 0. The maximum atomic E-state index is 11.3. The van der Waals surface area contributed by atoms with Crippen molar-refractivity contribution in [1.29, 1.82) is 0 Å². The molecule has 1 amide bonds. The molecule has 0 aliphatic rings. The second-order valence-corrected chi connectivity index (χ2v) is 4.31. The Morgan fingerprint density at radius 3 is 2.80 bits per heavy atom. The van der Waals surface area contributed by atoms with E-state index in [4.69, 9.17) is 10.4 Å². The van der Waals surface area contributed by atoms with E-state index in [0.717, 1.165) is 13.1 Å². The Balaban J connectivity index is 1.99. The first-order valence-corrected chi connectivity index (χ1v) is 6.30. The van der Waals surface area contributed by atoms with Gasteiger partial charge in [-0.05, 0) is 24.2 Å². The van der Waals surface area contributed by atoms with E-state index in [2.05, 4.69) is 22.0 Å². The van der Waals surface area contributed by atoms with Gasteiger partial charge < -0.3 is 4.52 Å².